The van der Waals surface area contributed by atoms with Crippen LogP contribution in [0.5, 0.6) is 0 Å². The number of carbonyl (C=O) groups is 2. The fourth-order valence-corrected chi connectivity index (χ4v) is 2.26. The first-order valence-corrected chi connectivity index (χ1v) is 8.71. The lowest BCUT2D eigenvalue weighted by atomic mass is 10.1. The molecule has 0 unspecified atom stereocenters. The SMILES string of the molecule is CC(C)(C)OC(=O)Nc1cc(NC(=O)NCCc2ccc(F)cc2)ccc1F. The van der Waals surface area contributed by atoms with Crippen molar-refractivity contribution in [1.82, 2.24) is 5.32 Å². The van der Waals surface area contributed by atoms with E-state index in [1.807, 2.05) is 0 Å². The van der Waals surface area contributed by atoms with E-state index >= 15 is 0 Å². The van der Waals surface area contributed by atoms with Crippen LogP contribution in [-0.4, -0.2) is 24.3 Å². The van der Waals surface area contributed by atoms with Gasteiger partial charge in [0.15, 0.2) is 0 Å². The van der Waals surface area contributed by atoms with E-state index in [-0.39, 0.29) is 11.5 Å². The second-order valence-electron chi connectivity index (χ2n) is 7.08. The fraction of sp³-hybridized carbons (Fsp3) is 0.300. The number of rotatable bonds is 5. The van der Waals surface area contributed by atoms with Gasteiger partial charge in [-0.2, -0.15) is 0 Å². The molecule has 0 saturated heterocycles. The molecule has 0 aliphatic rings. The Hall–Kier alpha value is -3.16. The van der Waals surface area contributed by atoms with Gasteiger partial charge in [0.25, 0.3) is 0 Å². The van der Waals surface area contributed by atoms with Crippen LogP contribution in [0.15, 0.2) is 42.5 Å². The van der Waals surface area contributed by atoms with Crippen molar-refractivity contribution in [2.24, 2.45) is 0 Å². The lowest BCUT2D eigenvalue weighted by molar-refractivity contribution is 0.0635. The minimum Gasteiger partial charge on any atom is -0.444 e. The smallest absolute Gasteiger partial charge is 0.412 e. The van der Waals surface area contributed by atoms with E-state index in [1.54, 1.807) is 32.9 Å². The molecular formula is C20H23F2N3O3. The number of benzene rings is 2. The van der Waals surface area contributed by atoms with E-state index in [0.717, 1.165) is 11.6 Å². The third-order valence-corrected chi connectivity index (χ3v) is 3.47. The van der Waals surface area contributed by atoms with Crippen LogP contribution in [0, 0.1) is 11.6 Å². The predicted molar refractivity (Wildman–Crippen MR) is 103 cm³/mol. The van der Waals surface area contributed by atoms with Gasteiger partial charge in [-0.15, -0.1) is 0 Å². The first-order valence-electron chi connectivity index (χ1n) is 8.71. The Bertz CT molecular complexity index is 834. The summed E-state index contributed by atoms with van der Waals surface area (Å²) in [5.74, 6) is -0.977. The normalized spacial score (nSPS) is 10.9. The monoisotopic (exact) mass is 391 g/mol. The highest BCUT2D eigenvalue weighted by atomic mass is 19.1. The molecule has 0 bridgehead atoms. The Morgan fingerprint density at radius 3 is 2.32 bits per heavy atom. The Labute approximate surface area is 162 Å². The van der Waals surface area contributed by atoms with Crippen LogP contribution in [0.25, 0.3) is 0 Å². The standard InChI is InChI=1S/C20H23F2N3O3/c1-20(2,3)28-19(27)25-17-12-15(8-9-16(17)22)24-18(26)23-11-10-13-4-6-14(21)7-5-13/h4-9,12H,10-11H2,1-3H3,(H,25,27)(H2,23,24,26). The quantitative estimate of drug-likeness (QED) is 0.693. The summed E-state index contributed by atoms with van der Waals surface area (Å²) in [7, 11) is 0. The third kappa shape index (κ3) is 7.22. The molecule has 6 nitrogen and oxygen atoms in total. The van der Waals surface area contributed by atoms with Crippen molar-refractivity contribution in [3.8, 4) is 0 Å². The molecule has 2 aromatic carbocycles. The van der Waals surface area contributed by atoms with Gasteiger partial charge in [-0.3, -0.25) is 5.32 Å². The van der Waals surface area contributed by atoms with Crippen LogP contribution >= 0.6 is 0 Å². The molecule has 8 heteroatoms. The molecule has 0 aliphatic heterocycles. The maximum absolute atomic E-state index is 13.9. The highest BCUT2D eigenvalue weighted by Crippen LogP contribution is 2.20. The molecule has 3 N–H and O–H groups in total. The number of urea groups is 1. The second-order valence-corrected chi connectivity index (χ2v) is 7.08. The number of hydrogen-bond donors (Lipinski definition) is 3. The number of halogens is 2. The molecule has 0 atom stereocenters. The average Bonchev–Trinajstić information content (AvgIpc) is 2.58. The van der Waals surface area contributed by atoms with Crippen LogP contribution in [0.1, 0.15) is 26.3 Å². The number of amides is 3. The fourth-order valence-electron chi connectivity index (χ4n) is 2.26. The molecule has 150 valence electrons. The van der Waals surface area contributed by atoms with Gasteiger partial charge >= 0.3 is 12.1 Å². The Morgan fingerprint density at radius 2 is 1.68 bits per heavy atom. The van der Waals surface area contributed by atoms with Crippen molar-refractivity contribution in [2.45, 2.75) is 32.8 Å². The van der Waals surface area contributed by atoms with Crippen LogP contribution in [0.3, 0.4) is 0 Å². The molecule has 0 heterocycles. The summed E-state index contributed by atoms with van der Waals surface area (Å²) in [6.45, 7) is 5.41. The molecule has 0 aliphatic carbocycles. The third-order valence-electron chi connectivity index (χ3n) is 3.47. The summed E-state index contributed by atoms with van der Waals surface area (Å²) in [5, 5.41) is 7.52. The zero-order valence-electron chi connectivity index (χ0n) is 15.9. The molecular weight excluding hydrogens is 368 g/mol. The highest BCUT2D eigenvalue weighted by molar-refractivity contribution is 5.91. The number of anilines is 2. The first-order chi connectivity index (χ1) is 13.1. The number of ether oxygens (including phenoxy) is 1. The number of hydrogen-bond acceptors (Lipinski definition) is 3. The van der Waals surface area contributed by atoms with Crippen molar-refractivity contribution in [2.75, 3.05) is 17.2 Å². The van der Waals surface area contributed by atoms with Gasteiger partial charge in [-0.25, -0.2) is 18.4 Å². The van der Waals surface area contributed by atoms with Crippen molar-refractivity contribution in [3.05, 3.63) is 59.7 Å². The topological polar surface area (TPSA) is 79.5 Å². The molecule has 0 fully saturated rings. The average molecular weight is 391 g/mol. The summed E-state index contributed by atoms with van der Waals surface area (Å²) in [6.07, 6.45) is -0.268. The van der Waals surface area contributed by atoms with Gasteiger partial charge in [0.1, 0.15) is 17.2 Å². The second kappa shape index (κ2) is 9.16. The molecule has 3 amide bonds. The van der Waals surface area contributed by atoms with Gasteiger partial charge in [0.2, 0.25) is 0 Å². The Kier molecular flexibility index (Phi) is 6.92. The van der Waals surface area contributed by atoms with Gasteiger partial charge in [-0.05, 0) is 63.1 Å². The lowest BCUT2D eigenvalue weighted by Gasteiger charge is -2.20. The predicted octanol–water partition coefficient (Wildman–Crippen LogP) is 4.68. The van der Waals surface area contributed by atoms with Gasteiger partial charge in [0, 0.05) is 12.2 Å². The molecule has 0 saturated carbocycles. The Morgan fingerprint density at radius 1 is 1.00 bits per heavy atom. The minimum atomic E-state index is -0.799. The maximum atomic E-state index is 13.9. The van der Waals surface area contributed by atoms with E-state index in [2.05, 4.69) is 16.0 Å². The lowest BCUT2D eigenvalue weighted by Crippen LogP contribution is -2.30. The zero-order valence-corrected chi connectivity index (χ0v) is 15.9. The molecule has 28 heavy (non-hydrogen) atoms. The molecule has 2 rings (SSSR count). The molecule has 0 radical (unpaired) electrons. The van der Waals surface area contributed by atoms with Gasteiger partial charge in [0.05, 0.1) is 5.69 Å². The van der Waals surface area contributed by atoms with Crippen LogP contribution in [-0.2, 0) is 11.2 Å². The maximum Gasteiger partial charge on any atom is 0.412 e. The van der Waals surface area contributed by atoms with Gasteiger partial charge in [-0.1, -0.05) is 12.1 Å². The van der Waals surface area contributed by atoms with Crippen molar-refractivity contribution >= 4 is 23.5 Å². The van der Waals surface area contributed by atoms with E-state index in [0.29, 0.717) is 18.7 Å². The largest absolute Gasteiger partial charge is 0.444 e. The number of carbonyl (C=O) groups excluding carboxylic acids is 2. The van der Waals surface area contributed by atoms with Crippen LogP contribution < -0.4 is 16.0 Å². The van der Waals surface area contributed by atoms with Crippen LogP contribution in [0.2, 0.25) is 0 Å². The van der Waals surface area contributed by atoms with E-state index in [1.165, 1.54) is 24.3 Å². The van der Waals surface area contributed by atoms with Crippen LogP contribution in [0.4, 0.5) is 29.7 Å². The zero-order chi connectivity index (χ0) is 20.7. The van der Waals surface area contributed by atoms with E-state index in [4.69, 9.17) is 4.74 Å². The molecule has 0 spiro atoms. The first kappa shape index (κ1) is 21.1. The van der Waals surface area contributed by atoms with Gasteiger partial charge < -0.3 is 15.4 Å². The van der Waals surface area contributed by atoms with E-state index < -0.39 is 23.5 Å². The molecule has 0 aromatic heterocycles. The van der Waals surface area contributed by atoms with Crippen molar-refractivity contribution in [1.29, 1.82) is 0 Å². The van der Waals surface area contributed by atoms with Crippen molar-refractivity contribution in [3.63, 3.8) is 0 Å². The Balaban J connectivity index is 1.88. The summed E-state index contributed by atoms with van der Waals surface area (Å²) >= 11 is 0. The van der Waals surface area contributed by atoms with Crippen molar-refractivity contribution < 1.29 is 23.1 Å². The van der Waals surface area contributed by atoms with E-state index in [9.17, 15) is 18.4 Å². The summed E-state index contributed by atoms with van der Waals surface area (Å²) < 4.78 is 31.8. The highest BCUT2D eigenvalue weighted by Gasteiger charge is 2.17. The number of nitrogens with one attached hydrogen (secondary N) is 3. The summed E-state index contributed by atoms with van der Waals surface area (Å²) in [4.78, 5) is 23.8. The summed E-state index contributed by atoms with van der Waals surface area (Å²) in [6, 6.07) is 9.29. The summed E-state index contributed by atoms with van der Waals surface area (Å²) in [5.41, 5.74) is 0.346. The minimum absolute atomic E-state index is 0.113. The molecule has 2 aromatic rings.